The third-order valence-electron chi connectivity index (χ3n) is 4.44. The fourth-order valence-electron chi connectivity index (χ4n) is 3.14. The summed E-state index contributed by atoms with van der Waals surface area (Å²) >= 11 is 5.96. The summed E-state index contributed by atoms with van der Waals surface area (Å²) in [6.45, 7) is 0.277. The van der Waals surface area contributed by atoms with Crippen LogP contribution in [0.25, 0.3) is 28.3 Å². The van der Waals surface area contributed by atoms with Crippen LogP contribution in [0.2, 0.25) is 5.02 Å². The van der Waals surface area contributed by atoms with Gasteiger partial charge in [0.05, 0.1) is 11.4 Å². The van der Waals surface area contributed by atoms with E-state index in [1.807, 2.05) is 60.1 Å². The van der Waals surface area contributed by atoms with E-state index in [1.165, 1.54) is 0 Å². The highest BCUT2D eigenvalue weighted by molar-refractivity contribution is 6.30. The Balaban J connectivity index is 1.58. The lowest BCUT2D eigenvalue weighted by Crippen LogP contribution is -1.93. The molecule has 0 N–H and O–H groups in total. The normalized spacial score (nSPS) is 12.9. The molecule has 0 unspecified atom stereocenters. The second-order valence-corrected chi connectivity index (χ2v) is 6.42. The lowest BCUT2D eigenvalue weighted by Gasteiger charge is -2.04. The van der Waals surface area contributed by atoms with E-state index in [-0.39, 0.29) is 6.79 Å². The third kappa shape index (κ3) is 2.27. The Kier molecular flexibility index (Phi) is 3.05. The highest BCUT2D eigenvalue weighted by Crippen LogP contribution is 2.36. The number of ether oxygens (including phenoxy) is 2. The maximum Gasteiger partial charge on any atom is 0.231 e. The monoisotopic (exact) mass is 351 g/mol. The van der Waals surface area contributed by atoms with Gasteiger partial charge >= 0.3 is 0 Å². The van der Waals surface area contributed by atoms with Crippen LogP contribution in [-0.4, -0.2) is 20.7 Å². The maximum absolute atomic E-state index is 5.96. The molecule has 0 spiro atoms. The van der Waals surface area contributed by atoms with E-state index >= 15 is 0 Å². The van der Waals surface area contributed by atoms with Gasteiger partial charge < -0.3 is 14.0 Å². The molecule has 25 heavy (non-hydrogen) atoms. The first-order chi connectivity index (χ1) is 12.2. The van der Waals surface area contributed by atoms with Crippen LogP contribution < -0.4 is 9.47 Å². The van der Waals surface area contributed by atoms with Crippen LogP contribution in [0.3, 0.4) is 0 Å². The molecule has 0 saturated heterocycles. The summed E-state index contributed by atoms with van der Waals surface area (Å²) in [5.74, 6) is 2.43. The summed E-state index contributed by atoms with van der Waals surface area (Å²) < 4.78 is 15.0. The molecule has 0 bridgehead atoms. The van der Waals surface area contributed by atoms with Crippen LogP contribution in [0.4, 0.5) is 0 Å². The zero-order valence-corrected chi connectivity index (χ0v) is 14.2. The first-order valence-electron chi connectivity index (χ1n) is 7.89. The molecular formula is C19H14ClN3O2. The molecule has 0 amide bonds. The first-order valence-corrected chi connectivity index (χ1v) is 8.27. The zero-order chi connectivity index (χ0) is 17.0. The van der Waals surface area contributed by atoms with Crippen molar-refractivity contribution in [2.75, 3.05) is 6.79 Å². The lowest BCUT2D eigenvalue weighted by molar-refractivity contribution is 0.174. The molecule has 0 saturated carbocycles. The molecule has 2 aromatic carbocycles. The predicted molar refractivity (Wildman–Crippen MR) is 96.2 cm³/mol. The van der Waals surface area contributed by atoms with E-state index in [0.717, 1.165) is 44.8 Å². The molecule has 2 aromatic heterocycles. The van der Waals surface area contributed by atoms with Crippen molar-refractivity contribution in [2.45, 2.75) is 0 Å². The predicted octanol–water partition coefficient (Wildman–Crippen LogP) is 4.39. The van der Waals surface area contributed by atoms with E-state index in [4.69, 9.17) is 26.1 Å². The Morgan fingerprint density at radius 3 is 2.52 bits per heavy atom. The molecule has 124 valence electrons. The SMILES string of the molecule is Cn1c(-c2ccc3c(c2)OCO3)cn2cc(-c3ccc(Cl)cc3)nc12. The van der Waals surface area contributed by atoms with E-state index < -0.39 is 0 Å². The summed E-state index contributed by atoms with van der Waals surface area (Å²) in [6.07, 6.45) is 4.09. The molecular weight excluding hydrogens is 338 g/mol. The third-order valence-corrected chi connectivity index (χ3v) is 4.70. The van der Waals surface area contributed by atoms with Crippen molar-refractivity contribution < 1.29 is 9.47 Å². The molecule has 0 fully saturated rings. The van der Waals surface area contributed by atoms with E-state index in [9.17, 15) is 0 Å². The van der Waals surface area contributed by atoms with E-state index in [1.54, 1.807) is 0 Å². The molecule has 1 aliphatic heterocycles. The minimum Gasteiger partial charge on any atom is -0.454 e. The van der Waals surface area contributed by atoms with Crippen LogP contribution in [0.1, 0.15) is 0 Å². The Morgan fingerprint density at radius 2 is 1.72 bits per heavy atom. The number of nitrogens with zero attached hydrogens (tertiary/aromatic N) is 3. The summed E-state index contributed by atoms with van der Waals surface area (Å²) in [5.41, 5.74) is 4.07. The zero-order valence-electron chi connectivity index (χ0n) is 13.4. The van der Waals surface area contributed by atoms with Crippen molar-refractivity contribution in [1.29, 1.82) is 0 Å². The van der Waals surface area contributed by atoms with Gasteiger partial charge in [0.15, 0.2) is 11.5 Å². The molecule has 0 aliphatic carbocycles. The highest BCUT2D eigenvalue weighted by Gasteiger charge is 2.17. The quantitative estimate of drug-likeness (QED) is 0.538. The van der Waals surface area contributed by atoms with Gasteiger partial charge in [-0.15, -0.1) is 0 Å². The van der Waals surface area contributed by atoms with Crippen LogP contribution in [-0.2, 0) is 7.05 Å². The topological polar surface area (TPSA) is 40.7 Å². The van der Waals surface area contributed by atoms with Gasteiger partial charge in [-0.3, -0.25) is 4.40 Å². The van der Waals surface area contributed by atoms with Crippen LogP contribution in [0, 0.1) is 0 Å². The van der Waals surface area contributed by atoms with Gasteiger partial charge in [-0.1, -0.05) is 23.7 Å². The second kappa shape index (κ2) is 5.29. The largest absolute Gasteiger partial charge is 0.454 e. The number of aromatic nitrogens is 3. The standard InChI is InChI=1S/C19H14ClN3O2/c1-22-16(13-4-7-17-18(8-13)25-11-24-17)10-23-9-15(21-19(22)23)12-2-5-14(20)6-3-12/h2-10H,11H2,1H3. The van der Waals surface area contributed by atoms with Gasteiger partial charge in [-0.2, -0.15) is 0 Å². The summed E-state index contributed by atoms with van der Waals surface area (Å²) in [5, 5.41) is 0.720. The Morgan fingerprint density at radius 1 is 0.960 bits per heavy atom. The van der Waals surface area contributed by atoms with Crippen molar-refractivity contribution in [2.24, 2.45) is 7.05 Å². The van der Waals surface area contributed by atoms with Crippen LogP contribution in [0.15, 0.2) is 54.9 Å². The molecule has 0 atom stereocenters. The molecule has 0 radical (unpaired) electrons. The summed E-state index contributed by atoms with van der Waals surface area (Å²) in [4.78, 5) is 4.76. The van der Waals surface area contributed by atoms with Gasteiger partial charge in [0, 0.05) is 35.6 Å². The van der Waals surface area contributed by atoms with Crippen LogP contribution >= 0.6 is 11.6 Å². The van der Waals surface area contributed by atoms with Crippen molar-refractivity contribution in [3.63, 3.8) is 0 Å². The minimum atomic E-state index is 0.277. The molecule has 6 heteroatoms. The van der Waals surface area contributed by atoms with Crippen LogP contribution in [0.5, 0.6) is 11.5 Å². The van der Waals surface area contributed by atoms with E-state index in [0.29, 0.717) is 0 Å². The Hall–Kier alpha value is -2.92. The van der Waals surface area contributed by atoms with Crippen molar-refractivity contribution >= 4 is 17.4 Å². The van der Waals surface area contributed by atoms with Gasteiger partial charge in [0.25, 0.3) is 0 Å². The summed E-state index contributed by atoms with van der Waals surface area (Å²) in [6, 6.07) is 13.7. The number of hydrogen-bond donors (Lipinski definition) is 0. The molecule has 1 aliphatic rings. The number of imidazole rings is 2. The minimum absolute atomic E-state index is 0.277. The number of halogens is 1. The van der Waals surface area contributed by atoms with Gasteiger partial charge in [0.1, 0.15) is 0 Å². The maximum atomic E-state index is 5.96. The van der Waals surface area contributed by atoms with Crippen molar-refractivity contribution in [1.82, 2.24) is 14.0 Å². The smallest absolute Gasteiger partial charge is 0.231 e. The van der Waals surface area contributed by atoms with Gasteiger partial charge in [-0.05, 0) is 30.3 Å². The fourth-order valence-corrected chi connectivity index (χ4v) is 3.26. The average molecular weight is 352 g/mol. The second-order valence-electron chi connectivity index (χ2n) is 5.98. The Bertz CT molecular complexity index is 1100. The molecule has 4 aromatic rings. The van der Waals surface area contributed by atoms with Crippen molar-refractivity contribution in [3.8, 4) is 34.0 Å². The number of aryl methyl sites for hydroxylation is 1. The molecule has 5 nitrogen and oxygen atoms in total. The number of benzene rings is 2. The van der Waals surface area contributed by atoms with Gasteiger partial charge in [-0.25, -0.2) is 4.98 Å². The lowest BCUT2D eigenvalue weighted by atomic mass is 10.1. The molecule has 5 rings (SSSR count). The van der Waals surface area contributed by atoms with E-state index in [2.05, 4.69) is 10.8 Å². The molecule has 3 heterocycles. The number of fused-ring (bicyclic) bond motifs is 2. The Labute approximate surface area is 149 Å². The fraction of sp³-hybridized carbons (Fsp3) is 0.105. The van der Waals surface area contributed by atoms with Crippen molar-refractivity contribution in [3.05, 3.63) is 59.9 Å². The first kappa shape index (κ1) is 14.4. The average Bonchev–Trinajstić information content (AvgIpc) is 3.31. The van der Waals surface area contributed by atoms with Gasteiger partial charge in [0.2, 0.25) is 12.6 Å². The highest BCUT2D eigenvalue weighted by atomic mass is 35.5. The number of hydrogen-bond acceptors (Lipinski definition) is 3. The summed E-state index contributed by atoms with van der Waals surface area (Å²) in [7, 11) is 2.01. The number of rotatable bonds is 2.